The van der Waals surface area contributed by atoms with E-state index in [9.17, 15) is 4.79 Å². The van der Waals surface area contributed by atoms with E-state index in [4.69, 9.17) is 4.98 Å². The van der Waals surface area contributed by atoms with Crippen molar-refractivity contribution in [3.8, 4) is 0 Å². The van der Waals surface area contributed by atoms with Gasteiger partial charge in [0.25, 0.3) is 0 Å². The van der Waals surface area contributed by atoms with E-state index in [0.29, 0.717) is 12.1 Å². The van der Waals surface area contributed by atoms with Crippen LogP contribution < -0.4 is 10.2 Å². The molecule has 2 fully saturated rings. The number of hydrogen-bond acceptors (Lipinski definition) is 6. The van der Waals surface area contributed by atoms with Crippen LogP contribution in [0.5, 0.6) is 0 Å². The van der Waals surface area contributed by atoms with E-state index in [-0.39, 0.29) is 11.8 Å². The fraction of sp³-hybridized carbons (Fsp3) is 0.696. The van der Waals surface area contributed by atoms with Gasteiger partial charge in [0.05, 0.1) is 17.8 Å². The van der Waals surface area contributed by atoms with Crippen molar-refractivity contribution in [1.82, 2.24) is 29.7 Å². The lowest BCUT2D eigenvalue weighted by molar-refractivity contribution is -0.126. The number of carbonyl (C=O) groups excluding carboxylic acids is 1. The van der Waals surface area contributed by atoms with Gasteiger partial charge in [0, 0.05) is 56.3 Å². The first kappa shape index (κ1) is 20.7. The van der Waals surface area contributed by atoms with Crippen molar-refractivity contribution < 1.29 is 4.79 Å². The summed E-state index contributed by atoms with van der Waals surface area (Å²) in [4.78, 5) is 24.8. The van der Waals surface area contributed by atoms with E-state index < -0.39 is 0 Å². The van der Waals surface area contributed by atoms with Crippen molar-refractivity contribution in [3.63, 3.8) is 0 Å². The molecule has 3 aliphatic rings. The van der Waals surface area contributed by atoms with E-state index in [0.717, 1.165) is 63.3 Å². The summed E-state index contributed by atoms with van der Waals surface area (Å²) in [6, 6.07) is 2.97. The molecule has 1 aliphatic carbocycles. The molecule has 1 saturated carbocycles. The predicted molar refractivity (Wildman–Crippen MR) is 121 cm³/mol. The number of anilines is 1. The number of nitrogens with zero attached hydrogens (tertiary/aromatic N) is 6. The molecule has 1 amide bonds. The van der Waals surface area contributed by atoms with Gasteiger partial charge in [-0.3, -0.25) is 4.79 Å². The van der Waals surface area contributed by atoms with Crippen LogP contribution in [0.1, 0.15) is 36.9 Å². The Hall–Kier alpha value is -2.19. The van der Waals surface area contributed by atoms with Crippen LogP contribution in [0.4, 0.5) is 5.82 Å². The number of aromatic nitrogens is 3. The lowest BCUT2D eigenvalue weighted by atomic mass is 9.89. The summed E-state index contributed by atoms with van der Waals surface area (Å²) in [5.41, 5.74) is 3.41. The molecule has 0 spiro atoms. The van der Waals surface area contributed by atoms with Crippen LogP contribution >= 0.6 is 0 Å². The summed E-state index contributed by atoms with van der Waals surface area (Å²) < 4.78 is 1.97. The number of hydrogen-bond donors (Lipinski definition) is 1. The highest BCUT2D eigenvalue weighted by atomic mass is 16.2. The Morgan fingerprint density at radius 2 is 1.87 bits per heavy atom. The lowest BCUT2D eigenvalue weighted by Gasteiger charge is -2.42. The van der Waals surface area contributed by atoms with Gasteiger partial charge in [-0.1, -0.05) is 0 Å². The molecule has 0 atom stereocenters. The summed E-state index contributed by atoms with van der Waals surface area (Å²) in [6.45, 7) is 3.59. The molecule has 2 aromatic rings. The number of fused-ring (bicyclic) bond motifs is 2. The molecule has 0 bridgehead atoms. The topological polar surface area (TPSA) is 69.0 Å². The van der Waals surface area contributed by atoms with Crippen LogP contribution in [0.25, 0.3) is 5.65 Å². The van der Waals surface area contributed by atoms with Crippen LogP contribution in [-0.4, -0.2) is 89.7 Å². The molecule has 31 heavy (non-hydrogen) atoms. The van der Waals surface area contributed by atoms with Crippen LogP contribution in [0, 0.1) is 5.92 Å². The molecule has 1 saturated heterocycles. The van der Waals surface area contributed by atoms with E-state index >= 15 is 0 Å². The molecule has 1 N–H and O–H groups in total. The fourth-order valence-corrected chi connectivity index (χ4v) is 5.38. The monoisotopic (exact) mass is 425 g/mol. The SMILES string of the molecule is CN1CCc2nc3ccnn3c(N3CC(C(=O)NC4CCC(N(C)C)CC4)C3)c2CC1. The minimum atomic E-state index is 0.0643. The van der Waals surface area contributed by atoms with Gasteiger partial charge in [0.15, 0.2) is 5.65 Å². The van der Waals surface area contributed by atoms with Crippen molar-refractivity contribution in [1.29, 1.82) is 0 Å². The summed E-state index contributed by atoms with van der Waals surface area (Å²) in [5, 5.41) is 7.90. The molecule has 5 rings (SSSR count). The largest absolute Gasteiger partial charge is 0.354 e. The van der Waals surface area contributed by atoms with Crippen molar-refractivity contribution in [2.75, 3.05) is 52.2 Å². The van der Waals surface area contributed by atoms with Gasteiger partial charge >= 0.3 is 0 Å². The van der Waals surface area contributed by atoms with E-state index in [1.54, 1.807) is 0 Å². The molecule has 168 valence electrons. The van der Waals surface area contributed by atoms with Gasteiger partial charge in [0.1, 0.15) is 5.82 Å². The van der Waals surface area contributed by atoms with Gasteiger partial charge in [-0.25, -0.2) is 4.98 Å². The Balaban J connectivity index is 1.26. The molecule has 4 heterocycles. The summed E-state index contributed by atoms with van der Waals surface area (Å²) in [7, 11) is 6.48. The third-order valence-electron chi connectivity index (χ3n) is 7.49. The molecule has 8 heteroatoms. The molecule has 2 aromatic heterocycles. The predicted octanol–water partition coefficient (Wildman–Crippen LogP) is 1.18. The van der Waals surface area contributed by atoms with E-state index in [2.05, 4.69) is 46.3 Å². The minimum absolute atomic E-state index is 0.0643. The first-order valence-electron chi connectivity index (χ1n) is 11.8. The Bertz CT molecular complexity index is 941. The number of nitrogens with one attached hydrogen (secondary N) is 1. The molecule has 8 nitrogen and oxygen atoms in total. The van der Waals surface area contributed by atoms with Gasteiger partial charge < -0.3 is 20.0 Å². The second-order valence-corrected chi connectivity index (χ2v) is 9.84. The second-order valence-electron chi connectivity index (χ2n) is 9.84. The summed E-state index contributed by atoms with van der Waals surface area (Å²) in [5.74, 6) is 1.44. The fourth-order valence-electron chi connectivity index (χ4n) is 5.38. The van der Waals surface area contributed by atoms with Crippen molar-refractivity contribution in [2.45, 2.75) is 50.6 Å². The number of rotatable bonds is 4. The molecule has 0 unspecified atom stereocenters. The first-order chi connectivity index (χ1) is 15.0. The third-order valence-corrected chi connectivity index (χ3v) is 7.49. The lowest BCUT2D eigenvalue weighted by Crippen LogP contribution is -2.56. The standard InChI is InChI=1S/C23H35N7O/c1-27(2)18-6-4-17(5-7-18)25-22(31)16-14-29(15-16)23-19-9-12-28(3)13-10-20(19)26-21-8-11-24-30(21)23/h8,11,16-18H,4-7,9-10,12-15H2,1-3H3,(H,25,31). The van der Waals surface area contributed by atoms with Crippen LogP contribution in [0.3, 0.4) is 0 Å². The normalized spacial score (nSPS) is 25.4. The number of amides is 1. The second kappa shape index (κ2) is 8.39. The van der Waals surface area contributed by atoms with E-state index in [1.165, 1.54) is 24.1 Å². The third kappa shape index (κ3) is 4.03. The Kier molecular flexibility index (Phi) is 5.60. The smallest absolute Gasteiger partial charge is 0.226 e. The van der Waals surface area contributed by atoms with Crippen LogP contribution in [-0.2, 0) is 17.6 Å². The Morgan fingerprint density at radius 3 is 2.61 bits per heavy atom. The maximum atomic E-state index is 12.9. The highest BCUT2D eigenvalue weighted by molar-refractivity contribution is 5.82. The van der Waals surface area contributed by atoms with Crippen molar-refractivity contribution >= 4 is 17.4 Å². The summed E-state index contributed by atoms with van der Waals surface area (Å²) in [6.07, 6.45) is 8.29. The first-order valence-corrected chi connectivity index (χ1v) is 11.8. The van der Waals surface area contributed by atoms with Crippen LogP contribution in [0.2, 0.25) is 0 Å². The van der Waals surface area contributed by atoms with Gasteiger partial charge in [-0.05, 0) is 53.2 Å². The number of carbonyl (C=O) groups is 1. The van der Waals surface area contributed by atoms with Crippen molar-refractivity contribution in [2.24, 2.45) is 5.92 Å². The summed E-state index contributed by atoms with van der Waals surface area (Å²) >= 11 is 0. The highest BCUT2D eigenvalue weighted by Crippen LogP contribution is 2.32. The molecular weight excluding hydrogens is 390 g/mol. The quantitative estimate of drug-likeness (QED) is 0.794. The minimum Gasteiger partial charge on any atom is -0.354 e. The average molecular weight is 426 g/mol. The highest BCUT2D eigenvalue weighted by Gasteiger charge is 2.37. The Labute approximate surface area is 184 Å². The zero-order valence-corrected chi connectivity index (χ0v) is 19.0. The maximum Gasteiger partial charge on any atom is 0.226 e. The zero-order chi connectivity index (χ0) is 21.5. The van der Waals surface area contributed by atoms with Gasteiger partial charge in [-0.2, -0.15) is 9.61 Å². The van der Waals surface area contributed by atoms with Crippen molar-refractivity contribution in [3.05, 3.63) is 23.5 Å². The maximum absolute atomic E-state index is 12.9. The zero-order valence-electron chi connectivity index (χ0n) is 19.0. The molecule has 0 aromatic carbocycles. The molecular formula is C23H35N7O. The van der Waals surface area contributed by atoms with Gasteiger partial charge in [-0.15, -0.1) is 0 Å². The number of likely N-dealkylation sites (N-methyl/N-ethyl adjacent to an activating group) is 1. The van der Waals surface area contributed by atoms with E-state index in [1.807, 2.05) is 16.8 Å². The molecule has 2 aliphatic heterocycles. The average Bonchev–Trinajstić information content (AvgIpc) is 3.10. The Morgan fingerprint density at radius 1 is 1.13 bits per heavy atom. The molecule has 0 radical (unpaired) electrons. The van der Waals surface area contributed by atoms with Gasteiger partial charge in [0.2, 0.25) is 5.91 Å². The van der Waals surface area contributed by atoms with Crippen LogP contribution in [0.15, 0.2) is 12.3 Å².